The largest absolute Gasteiger partial charge is 0.390 e. The zero-order chi connectivity index (χ0) is 14.1. The Morgan fingerprint density at radius 2 is 2.11 bits per heavy atom. The lowest BCUT2D eigenvalue weighted by atomic mass is 10.3. The Kier molecular flexibility index (Phi) is 18.1. The Bertz CT molecular complexity index is 296. The second-order valence-corrected chi connectivity index (χ2v) is 2.92. The van der Waals surface area contributed by atoms with E-state index in [1.54, 1.807) is 13.2 Å². The van der Waals surface area contributed by atoms with Crippen LogP contribution >= 0.6 is 0 Å². The number of aromatic nitrogens is 1. The molecule has 0 fully saturated rings. The van der Waals surface area contributed by atoms with E-state index in [0.717, 1.165) is 18.7 Å². The van der Waals surface area contributed by atoms with Crippen molar-refractivity contribution >= 4 is 6.34 Å². The summed E-state index contributed by atoms with van der Waals surface area (Å²) in [4.78, 5) is 7.57. The summed E-state index contributed by atoms with van der Waals surface area (Å²) in [6.07, 6.45) is 8.17. The zero-order valence-corrected chi connectivity index (χ0v) is 11.9. The quantitative estimate of drug-likeness (QED) is 0.639. The highest BCUT2D eigenvalue weighted by molar-refractivity contribution is 5.50. The highest BCUT2D eigenvalue weighted by atomic mass is 14.9. The van der Waals surface area contributed by atoms with E-state index < -0.39 is 0 Å². The van der Waals surface area contributed by atoms with Gasteiger partial charge in [0.1, 0.15) is 0 Å². The first-order valence-electron chi connectivity index (χ1n) is 6.25. The molecule has 1 rings (SSSR count). The summed E-state index contributed by atoms with van der Waals surface area (Å²) in [5, 5.41) is 3.16. The standard InChI is InChI=1S/C10H14N2.C2H6N2.C2H6.H2/c1-2-3-7-11-9-10-6-4-5-8-12-10;1-4-2-3;1-2;/h3-8,11H,2,9H2,1H3;2H,1H3,(H2,3,4);1-2H3;1H/b7-3+;;;. The molecule has 104 valence electrons. The van der Waals surface area contributed by atoms with Gasteiger partial charge in [0, 0.05) is 14.7 Å². The molecule has 0 saturated heterocycles. The Morgan fingerprint density at radius 3 is 2.56 bits per heavy atom. The van der Waals surface area contributed by atoms with Gasteiger partial charge in [0.2, 0.25) is 0 Å². The number of nitrogens with one attached hydrogen (secondary N) is 1. The fraction of sp³-hybridized carbons (Fsp3) is 0.429. The van der Waals surface area contributed by atoms with Gasteiger partial charge in [-0.2, -0.15) is 0 Å². The van der Waals surface area contributed by atoms with Crippen LogP contribution in [0.4, 0.5) is 0 Å². The van der Waals surface area contributed by atoms with E-state index in [0.29, 0.717) is 0 Å². The number of hydrogen-bond acceptors (Lipinski definition) is 3. The number of nitrogens with zero attached hydrogens (tertiary/aromatic N) is 2. The van der Waals surface area contributed by atoms with E-state index in [1.807, 2.05) is 38.2 Å². The van der Waals surface area contributed by atoms with Crippen LogP contribution in [0.2, 0.25) is 0 Å². The van der Waals surface area contributed by atoms with Gasteiger partial charge in [-0.1, -0.05) is 32.9 Å². The maximum atomic E-state index is 4.74. The predicted molar refractivity (Wildman–Crippen MR) is 82.6 cm³/mol. The molecule has 0 aromatic carbocycles. The summed E-state index contributed by atoms with van der Waals surface area (Å²) in [5.74, 6) is 0. The summed E-state index contributed by atoms with van der Waals surface area (Å²) >= 11 is 0. The third-order valence-electron chi connectivity index (χ3n) is 1.63. The van der Waals surface area contributed by atoms with Crippen LogP contribution in [0.15, 0.2) is 41.7 Å². The Hall–Kier alpha value is -1.84. The van der Waals surface area contributed by atoms with Crippen molar-refractivity contribution in [1.82, 2.24) is 10.3 Å². The fourth-order valence-corrected chi connectivity index (χ4v) is 0.867. The molecule has 4 heteroatoms. The molecule has 0 spiro atoms. The smallest absolute Gasteiger partial charge is 0.0794 e. The minimum absolute atomic E-state index is 0. The van der Waals surface area contributed by atoms with E-state index >= 15 is 0 Å². The second kappa shape index (κ2) is 17.6. The van der Waals surface area contributed by atoms with Gasteiger partial charge in [0.15, 0.2) is 0 Å². The van der Waals surface area contributed by atoms with Crippen molar-refractivity contribution in [1.29, 1.82) is 0 Å². The lowest BCUT2D eigenvalue weighted by Crippen LogP contribution is -2.05. The zero-order valence-electron chi connectivity index (χ0n) is 11.9. The van der Waals surface area contributed by atoms with Crippen LogP contribution in [0, 0.1) is 0 Å². The Labute approximate surface area is 113 Å². The van der Waals surface area contributed by atoms with E-state index in [4.69, 9.17) is 5.73 Å². The average molecular weight is 252 g/mol. The molecule has 0 bridgehead atoms. The molecular weight excluding hydrogens is 224 g/mol. The van der Waals surface area contributed by atoms with Crippen molar-refractivity contribution in [3.63, 3.8) is 0 Å². The van der Waals surface area contributed by atoms with E-state index in [1.165, 1.54) is 6.34 Å². The molecule has 1 aromatic heterocycles. The molecule has 1 aromatic rings. The van der Waals surface area contributed by atoms with Crippen LogP contribution in [0.3, 0.4) is 0 Å². The van der Waals surface area contributed by atoms with Gasteiger partial charge in [0.25, 0.3) is 0 Å². The third-order valence-corrected chi connectivity index (χ3v) is 1.63. The summed E-state index contributed by atoms with van der Waals surface area (Å²) < 4.78 is 0. The minimum Gasteiger partial charge on any atom is -0.390 e. The summed E-state index contributed by atoms with van der Waals surface area (Å²) in [5.41, 5.74) is 5.80. The van der Waals surface area contributed by atoms with Crippen molar-refractivity contribution in [3.8, 4) is 0 Å². The molecule has 0 aliphatic heterocycles. The van der Waals surface area contributed by atoms with Gasteiger partial charge < -0.3 is 11.1 Å². The Balaban J connectivity index is -0.000000316. The molecule has 0 radical (unpaired) electrons. The van der Waals surface area contributed by atoms with E-state index in [-0.39, 0.29) is 1.43 Å². The molecule has 3 N–H and O–H groups in total. The molecule has 0 unspecified atom stereocenters. The monoisotopic (exact) mass is 252 g/mol. The van der Waals surface area contributed by atoms with Crippen molar-refractivity contribution in [2.24, 2.45) is 10.7 Å². The molecule has 0 saturated carbocycles. The first-order chi connectivity index (χ1) is 8.85. The van der Waals surface area contributed by atoms with Gasteiger partial charge in [-0.15, -0.1) is 0 Å². The van der Waals surface area contributed by atoms with Gasteiger partial charge in [-0.25, -0.2) is 0 Å². The van der Waals surface area contributed by atoms with E-state index in [2.05, 4.69) is 28.3 Å². The van der Waals surface area contributed by atoms with Crippen LogP contribution in [0.5, 0.6) is 0 Å². The molecule has 0 aliphatic carbocycles. The normalized spacial score (nSPS) is 9.33. The second-order valence-electron chi connectivity index (χ2n) is 2.92. The van der Waals surface area contributed by atoms with Gasteiger partial charge in [-0.05, 0) is 24.8 Å². The SMILES string of the molecule is CC.CC/C=C/NCc1ccccn1.CN=CN.[HH]. The Morgan fingerprint density at radius 1 is 1.44 bits per heavy atom. The summed E-state index contributed by atoms with van der Waals surface area (Å²) in [6.45, 7) is 6.91. The van der Waals surface area contributed by atoms with Crippen LogP contribution in [0.25, 0.3) is 0 Å². The van der Waals surface area contributed by atoms with Crippen molar-refractivity contribution < 1.29 is 1.43 Å². The number of pyridine rings is 1. The molecule has 1 heterocycles. The van der Waals surface area contributed by atoms with Crippen molar-refractivity contribution in [2.45, 2.75) is 33.7 Å². The first-order valence-corrected chi connectivity index (χ1v) is 6.25. The van der Waals surface area contributed by atoms with Gasteiger partial charge >= 0.3 is 0 Å². The molecular formula is C14H28N4. The summed E-state index contributed by atoms with van der Waals surface area (Å²) in [7, 11) is 1.62. The highest BCUT2D eigenvalue weighted by Crippen LogP contribution is 1.91. The fourth-order valence-electron chi connectivity index (χ4n) is 0.867. The number of rotatable bonds is 4. The van der Waals surface area contributed by atoms with Crippen molar-refractivity contribution in [3.05, 3.63) is 42.4 Å². The van der Waals surface area contributed by atoms with E-state index in [9.17, 15) is 0 Å². The van der Waals surface area contributed by atoms with Crippen LogP contribution in [-0.4, -0.2) is 18.4 Å². The molecule has 0 aliphatic rings. The first kappa shape index (κ1) is 18.5. The molecule has 4 nitrogen and oxygen atoms in total. The number of hydrogen-bond donors (Lipinski definition) is 2. The summed E-state index contributed by atoms with van der Waals surface area (Å²) in [6, 6.07) is 5.92. The average Bonchev–Trinajstić information content (AvgIpc) is 2.47. The van der Waals surface area contributed by atoms with Crippen molar-refractivity contribution in [2.75, 3.05) is 7.05 Å². The lowest BCUT2D eigenvalue weighted by Gasteiger charge is -1.98. The maximum Gasteiger partial charge on any atom is 0.0794 e. The third kappa shape index (κ3) is 14.2. The van der Waals surface area contributed by atoms with Gasteiger partial charge in [0.05, 0.1) is 18.6 Å². The molecule has 0 atom stereocenters. The minimum atomic E-state index is 0. The highest BCUT2D eigenvalue weighted by Gasteiger charge is 1.86. The number of allylic oxidation sites excluding steroid dienone is 1. The topological polar surface area (TPSA) is 63.3 Å². The predicted octanol–water partition coefficient (Wildman–Crippen LogP) is 2.97. The van der Waals surface area contributed by atoms with Crippen LogP contribution < -0.4 is 11.1 Å². The van der Waals surface area contributed by atoms with Crippen LogP contribution in [0.1, 0.15) is 34.3 Å². The van der Waals surface area contributed by atoms with Gasteiger partial charge in [-0.3, -0.25) is 9.98 Å². The lowest BCUT2D eigenvalue weighted by molar-refractivity contribution is 0.832. The number of nitrogens with two attached hydrogens (primary N) is 1. The molecule has 0 amide bonds. The maximum absolute atomic E-state index is 4.74. The van der Waals surface area contributed by atoms with Crippen LogP contribution in [-0.2, 0) is 6.54 Å². The number of aliphatic imine (C=N–C) groups is 1. The molecule has 18 heavy (non-hydrogen) atoms.